The van der Waals surface area contributed by atoms with Crippen molar-refractivity contribution in [2.24, 2.45) is 5.73 Å². The first-order valence-corrected chi connectivity index (χ1v) is 9.87. The number of aromatic carboxylic acids is 2. The molecular weight excluding hydrogens is 426 g/mol. The van der Waals surface area contributed by atoms with E-state index in [1.165, 1.54) is 19.1 Å². The zero-order chi connectivity index (χ0) is 23.9. The van der Waals surface area contributed by atoms with E-state index in [2.05, 4.69) is 0 Å². The SMILES string of the molecule is CC(OC(N)=O)(c1ccc(O)c2ccccc12)c1c(C(=O)O)cc(C(=O)O)c2ccccc12. The number of carboxylic acids is 2. The lowest BCUT2D eigenvalue weighted by atomic mass is 9.79. The molecule has 166 valence electrons. The number of hydrogen-bond acceptors (Lipinski definition) is 5. The summed E-state index contributed by atoms with van der Waals surface area (Å²) in [6.45, 7) is 1.49. The van der Waals surface area contributed by atoms with Gasteiger partial charge in [-0.1, -0.05) is 54.6 Å². The average Bonchev–Trinajstić information content (AvgIpc) is 2.77. The topological polar surface area (TPSA) is 147 Å². The van der Waals surface area contributed by atoms with Gasteiger partial charge in [-0.3, -0.25) is 0 Å². The van der Waals surface area contributed by atoms with Crippen LogP contribution >= 0.6 is 0 Å². The molecule has 0 radical (unpaired) electrons. The summed E-state index contributed by atoms with van der Waals surface area (Å²) in [6.07, 6.45) is -1.16. The van der Waals surface area contributed by atoms with Crippen LogP contribution in [0.25, 0.3) is 21.5 Å². The smallest absolute Gasteiger partial charge is 0.405 e. The highest BCUT2D eigenvalue weighted by Crippen LogP contribution is 2.44. The van der Waals surface area contributed by atoms with Crippen LogP contribution in [0.15, 0.2) is 66.7 Å². The number of primary amides is 1. The van der Waals surface area contributed by atoms with Gasteiger partial charge < -0.3 is 25.8 Å². The number of carbonyl (C=O) groups is 3. The van der Waals surface area contributed by atoms with Crippen molar-refractivity contribution in [1.82, 2.24) is 0 Å². The standard InChI is InChI=1S/C25H19NO7/c1-25(33-24(26)32,19-10-11-20(27)15-8-4-3-7-14(15)19)21-16-9-5-2-6-13(16)17(22(28)29)12-18(21)23(30)31/h2-12,27H,1H3,(H2,26,32)(H,28,29)(H,30,31). The Balaban J connectivity index is 2.22. The summed E-state index contributed by atoms with van der Waals surface area (Å²) in [5.74, 6) is -2.71. The van der Waals surface area contributed by atoms with Crippen molar-refractivity contribution in [3.05, 3.63) is 89.0 Å². The van der Waals surface area contributed by atoms with Crippen LogP contribution in [0.1, 0.15) is 38.8 Å². The normalized spacial score (nSPS) is 12.9. The summed E-state index contributed by atoms with van der Waals surface area (Å²) >= 11 is 0. The molecule has 0 heterocycles. The highest BCUT2D eigenvalue weighted by Gasteiger charge is 2.40. The third-order valence-corrected chi connectivity index (χ3v) is 5.70. The number of carboxylic acid groups (broad SMARTS) is 2. The Kier molecular flexibility index (Phi) is 5.13. The number of fused-ring (bicyclic) bond motifs is 2. The molecule has 0 bridgehead atoms. The monoisotopic (exact) mass is 445 g/mol. The van der Waals surface area contributed by atoms with E-state index in [-0.39, 0.29) is 33.2 Å². The Labute approximate surface area is 187 Å². The molecule has 0 saturated heterocycles. The molecule has 4 rings (SSSR count). The molecular formula is C25H19NO7. The lowest BCUT2D eigenvalue weighted by Gasteiger charge is -2.33. The summed E-state index contributed by atoms with van der Waals surface area (Å²) in [7, 11) is 0. The Morgan fingerprint density at radius 2 is 1.33 bits per heavy atom. The lowest BCUT2D eigenvalue weighted by Crippen LogP contribution is -2.35. The summed E-state index contributed by atoms with van der Waals surface area (Å²) in [5.41, 5.74) is 3.54. The highest BCUT2D eigenvalue weighted by atomic mass is 16.6. The van der Waals surface area contributed by atoms with Crippen LogP contribution < -0.4 is 5.73 Å². The van der Waals surface area contributed by atoms with Crippen molar-refractivity contribution in [3.63, 3.8) is 0 Å². The fourth-order valence-corrected chi connectivity index (χ4v) is 4.38. The molecule has 1 atom stereocenters. The molecule has 0 aliphatic heterocycles. The van der Waals surface area contributed by atoms with Crippen LogP contribution in [0, 0.1) is 0 Å². The molecule has 1 unspecified atom stereocenters. The van der Waals surface area contributed by atoms with E-state index < -0.39 is 23.6 Å². The molecule has 8 nitrogen and oxygen atoms in total. The summed E-state index contributed by atoms with van der Waals surface area (Å²) in [4.78, 5) is 36.3. The number of phenols is 1. The Morgan fingerprint density at radius 3 is 1.91 bits per heavy atom. The van der Waals surface area contributed by atoms with Crippen LogP contribution in [0.3, 0.4) is 0 Å². The second-order valence-electron chi connectivity index (χ2n) is 7.63. The molecule has 5 N–H and O–H groups in total. The van der Waals surface area contributed by atoms with Crippen LogP contribution in [0.5, 0.6) is 5.75 Å². The van der Waals surface area contributed by atoms with E-state index in [0.717, 1.165) is 6.07 Å². The number of rotatable bonds is 5. The van der Waals surface area contributed by atoms with Gasteiger partial charge in [0.05, 0.1) is 11.1 Å². The van der Waals surface area contributed by atoms with Crippen molar-refractivity contribution in [2.45, 2.75) is 12.5 Å². The predicted octanol–water partition coefficient (Wildman–Crippen LogP) is 4.45. The van der Waals surface area contributed by atoms with Gasteiger partial charge in [-0.05, 0) is 35.2 Å². The van der Waals surface area contributed by atoms with Crippen molar-refractivity contribution >= 4 is 39.6 Å². The van der Waals surface area contributed by atoms with Crippen molar-refractivity contribution in [3.8, 4) is 5.75 Å². The van der Waals surface area contributed by atoms with E-state index in [9.17, 15) is 29.7 Å². The molecule has 0 aliphatic carbocycles. The number of benzene rings is 4. The van der Waals surface area contributed by atoms with E-state index in [0.29, 0.717) is 16.3 Å². The Bertz CT molecular complexity index is 1460. The minimum absolute atomic E-state index is 0.0136. The third kappa shape index (κ3) is 3.47. The zero-order valence-electron chi connectivity index (χ0n) is 17.4. The van der Waals surface area contributed by atoms with Crippen molar-refractivity contribution in [2.75, 3.05) is 0 Å². The lowest BCUT2D eigenvalue weighted by molar-refractivity contribution is 0.0560. The number of ether oxygens (including phenoxy) is 1. The second-order valence-corrected chi connectivity index (χ2v) is 7.63. The quantitative estimate of drug-likeness (QED) is 0.355. The summed E-state index contributed by atoms with van der Waals surface area (Å²) < 4.78 is 5.60. The van der Waals surface area contributed by atoms with Crippen LogP contribution in [-0.4, -0.2) is 33.4 Å². The van der Waals surface area contributed by atoms with E-state index in [1.54, 1.807) is 48.5 Å². The molecule has 0 spiro atoms. The molecule has 0 fully saturated rings. The molecule has 0 aliphatic rings. The second kappa shape index (κ2) is 7.83. The molecule has 0 saturated carbocycles. The third-order valence-electron chi connectivity index (χ3n) is 5.70. The fraction of sp³-hybridized carbons (Fsp3) is 0.0800. The number of carbonyl (C=O) groups excluding carboxylic acids is 1. The van der Waals surface area contributed by atoms with Crippen molar-refractivity contribution < 1.29 is 34.4 Å². The van der Waals surface area contributed by atoms with Gasteiger partial charge in [-0.15, -0.1) is 0 Å². The summed E-state index contributed by atoms with van der Waals surface area (Å²) in [6, 6.07) is 17.2. The van der Waals surface area contributed by atoms with E-state index in [4.69, 9.17) is 10.5 Å². The van der Waals surface area contributed by atoms with Crippen LogP contribution in [0.4, 0.5) is 4.79 Å². The first-order chi connectivity index (χ1) is 15.6. The molecule has 33 heavy (non-hydrogen) atoms. The van der Waals surface area contributed by atoms with E-state index >= 15 is 0 Å². The summed E-state index contributed by atoms with van der Waals surface area (Å²) in [5, 5.41) is 31.6. The number of hydrogen-bond donors (Lipinski definition) is 4. The minimum atomic E-state index is -1.75. The van der Waals surface area contributed by atoms with Gasteiger partial charge in [-0.2, -0.15) is 0 Å². The minimum Gasteiger partial charge on any atom is -0.507 e. The van der Waals surface area contributed by atoms with Gasteiger partial charge >= 0.3 is 18.0 Å². The molecule has 4 aromatic rings. The van der Waals surface area contributed by atoms with Crippen LogP contribution in [0.2, 0.25) is 0 Å². The van der Waals surface area contributed by atoms with Gasteiger partial charge in [0.25, 0.3) is 0 Å². The highest BCUT2D eigenvalue weighted by molar-refractivity contribution is 6.10. The van der Waals surface area contributed by atoms with Gasteiger partial charge in [-0.25, -0.2) is 14.4 Å². The number of nitrogens with two attached hydrogens (primary N) is 1. The molecule has 8 heteroatoms. The van der Waals surface area contributed by atoms with E-state index in [1.807, 2.05) is 0 Å². The maximum Gasteiger partial charge on any atom is 0.405 e. The Hall–Kier alpha value is -4.59. The largest absolute Gasteiger partial charge is 0.507 e. The number of aromatic hydroxyl groups is 1. The van der Waals surface area contributed by atoms with Crippen molar-refractivity contribution in [1.29, 1.82) is 0 Å². The molecule has 1 amide bonds. The Morgan fingerprint density at radius 1 is 0.788 bits per heavy atom. The van der Waals surface area contributed by atoms with Gasteiger partial charge in [0.15, 0.2) is 5.60 Å². The average molecular weight is 445 g/mol. The fourth-order valence-electron chi connectivity index (χ4n) is 4.38. The number of amides is 1. The maximum atomic E-state index is 12.3. The predicted molar refractivity (Wildman–Crippen MR) is 121 cm³/mol. The molecule has 0 aromatic heterocycles. The first kappa shape index (κ1) is 21.6. The molecule has 4 aromatic carbocycles. The first-order valence-electron chi connectivity index (χ1n) is 9.87. The maximum absolute atomic E-state index is 12.3. The zero-order valence-corrected chi connectivity index (χ0v) is 17.4. The number of phenolic OH excluding ortho intramolecular Hbond substituents is 1. The van der Waals surface area contributed by atoms with Crippen LogP contribution in [-0.2, 0) is 10.3 Å². The van der Waals surface area contributed by atoms with Gasteiger partial charge in [0.2, 0.25) is 0 Å². The van der Waals surface area contributed by atoms with Gasteiger partial charge in [0.1, 0.15) is 5.75 Å². The van der Waals surface area contributed by atoms with Gasteiger partial charge in [0, 0.05) is 16.5 Å².